The Labute approximate surface area is 116 Å². The summed E-state index contributed by atoms with van der Waals surface area (Å²) in [6, 6.07) is 0. The average molecular weight is 295 g/mol. The van der Waals surface area contributed by atoms with Crippen molar-refractivity contribution in [1.29, 1.82) is 0 Å². The quantitative estimate of drug-likeness (QED) is 0.442. The van der Waals surface area contributed by atoms with E-state index in [-0.39, 0.29) is 5.97 Å². The van der Waals surface area contributed by atoms with Crippen molar-refractivity contribution in [1.82, 2.24) is 5.32 Å². The van der Waals surface area contributed by atoms with E-state index in [1.165, 1.54) is 6.92 Å². The van der Waals surface area contributed by atoms with Crippen LogP contribution in [-0.2, 0) is 14.3 Å². The van der Waals surface area contributed by atoms with Crippen LogP contribution in [-0.4, -0.2) is 42.3 Å². The van der Waals surface area contributed by atoms with Crippen LogP contribution in [0.25, 0.3) is 0 Å². The van der Waals surface area contributed by atoms with Gasteiger partial charge < -0.3 is 14.8 Å². The lowest BCUT2D eigenvalue weighted by Gasteiger charge is -2.19. The van der Waals surface area contributed by atoms with Gasteiger partial charge in [-0.3, -0.25) is 4.79 Å². The Morgan fingerprint density at radius 3 is 2.33 bits per heavy atom. The second-order valence-corrected chi connectivity index (χ2v) is 7.11. The fourth-order valence-electron chi connectivity index (χ4n) is 0.846. The second-order valence-electron chi connectivity index (χ2n) is 4.41. The third-order valence-electron chi connectivity index (χ3n) is 1.41. The maximum Gasteiger partial charge on any atom is 0.407 e. The molecule has 1 N–H and O–H groups in total. The van der Waals surface area contributed by atoms with Crippen LogP contribution in [0.1, 0.15) is 27.7 Å². The Balaban J connectivity index is 3.30. The van der Waals surface area contributed by atoms with Crippen molar-refractivity contribution in [2.75, 3.05) is 24.7 Å². The van der Waals surface area contributed by atoms with Gasteiger partial charge in [-0.1, -0.05) is 21.6 Å². The van der Waals surface area contributed by atoms with Gasteiger partial charge >= 0.3 is 12.1 Å². The first kappa shape index (κ1) is 17.4. The highest BCUT2D eigenvalue weighted by Crippen LogP contribution is 2.19. The van der Waals surface area contributed by atoms with Crippen LogP contribution < -0.4 is 5.32 Å². The van der Waals surface area contributed by atoms with Gasteiger partial charge in [0.25, 0.3) is 0 Å². The summed E-state index contributed by atoms with van der Waals surface area (Å²) in [5, 5.41) is 2.67. The summed E-state index contributed by atoms with van der Waals surface area (Å²) in [6.45, 7) is 7.85. The van der Waals surface area contributed by atoms with Gasteiger partial charge in [-0.25, -0.2) is 4.79 Å². The molecule has 0 saturated heterocycles. The maximum absolute atomic E-state index is 11.3. The number of carbonyl (C=O) groups is 2. The van der Waals surface area contributed by atoms with Gasteiger partial charge in [-0.2, -0.15) is 0 Å². The lowest BCUT2D eigenvalue weighted by molar-refractivity contribution is -0.140. The number of rotatable bonds is 7. The minimum Gasteiger partial charge on any atom is -0.465 e. The molecule has 0 atom stereocenters. The van der Waals surface area contributed by atoms with Crippen molar-refractivity contribution in [3.63, 3.8) is 0 Å². The number of alkyl carbamates (subject to hydrolysis) is 1. The Hall–Kier alpha value is -0.560. The van der Waals surface area contributed by atoms with Gasteiger partial charge in [0.2, 0.25) is 0 Å². The van der Waals surface area contributed by atoms with E-state index in [2.05, 4.69) is 5.32 Å². The SMILES string of the molecule is CC(=O)OCCSSCCNC(=O)OC(C)(C)C. The Kier molecular flexibility index (Phi) is 9.09. The third-order valence-corrected chi connectivity index (χ3v) is 3.78. The first-order valence-corrected chi connectivity index (χ1v) is 8.14. The minimum atomic E-state index is -0.462. The first-order chi connectivity index (χ1) is 8.31. The summed E-state index contributed by atoms with van der Waals surface area (Å²) in [5.41, 5.74) is -0.462. The fourth-order valence-corrected chi connectivity index (χ4v) is 2.58. The highest BCUT2D eigenvalue weighted by molar-refractivity contribution is 8.76. The lowest BCUT2D eigenvalue weighted by Crippen LogP contribution is -2.33. The number of ether oxygens (including phenoxy) is 2. The zero-order chi connectivity index (χ0) is 14.0. The van der Waals surface area contributed by atoms with Gasteiger partial charge in [0, 0.05) is 25.0 Å². The predicted molar refractivity (Wildman–Crippen MR) is 75.8 cm³/mol. The summed E-state index contributed by atoms with van der Waals surface area (Å²) in [4.78, 5) is 21.7. The van der Waals surface area contributed by atoms with Gasteiger partial charge in [0.15, 0.2) is 0 Å². The van der Waals surface area contributed by atoms with Crippen LogP contribution in [0.2, 0.25) is 0 Å². The minimum absolute atomic E-state index is 0.257. The lowest BCUT2D eigenvalue weighted by atomic mass is 10.2. The van der Waals surface area contributed by atoms with Crippen molar-refractivity contribution in [3.05, 3.63) is 0 Å². The molecule has 0 heterocycles. The highest BCUT2D eigenvalue weighted by Gasteiger charge is 2.15. The van der Waals surface area contributed by atoms with E-state index in [1.54, 1.807) is 21.6 Å². The summed E-state index contributed by atoms with van der Waals surface area (Å²) < 4.78 is 9.86. The van der Waals surface area contributed by atoms with Gasteiger partial charge in [0.05, 0.1) is 0 Å². The molecule has 18 heavy (non-hydrogen) atoms. The normalized spacial score (nSPS) is 10.9. The molecular formula is C11H21NO4S2. The molecule has 0 aromatic heterocycles. The Morgan fingerprint density at radius 2 is 1.78 bits per heavy atom. The highest BCUT2D eigenvalue weighted by atomic mass is 33.1. The van der Waals surface area contributed by atoms with E-state index in [1.807, 2.05) is 20.8 Å². The molecule has 0 spiro atoms. The van der Waals surface area contributed by atoms with Crippen LogP contribution >= 0.6 is 21.6 Å². The van der Waals surface area contributed by atoms with Gasteiger partial charge in [0.1, 0.15) is 12.2 Å². The predicted octanol–water partition coefficient (Wildman–Crippen LogP) is 2.46. The molecule has 0 aliphatic heterocycles. The van der Waals surface area contributed by atoms with Crippen LogP contribution in [0.15, 0.2) is 0 Å². The Bertz CT molecular complexity index is 266. The van der Waals surface area contributed by atoms with Crippen molar-refractivity contribution < 1.29 is 19.1 Å². The van der Waals surface area contributed by atoms with Crippen molar-refractivity contribution in [3.8, 4) is 0 Å². The molecule has 106 valence electrons. The van der Waals surface area contributed by atoms with E-state index in [0.29, 0.717) is 13.2 Å². The van der Waals surface area contributed by atoms with Crippen molar-refractivity contribution in [2.45, 2.75) is 33.3 Å². The van der Waals surface area contributed by atoms with E-state index in [9.17, 15) is 9.59 Å². The van der Waals surface area contributed by atoms with Gasteiger partial charge in [-0.05, 0) is 20.8 Å². The number of hydrogen-bond acceptors (Lipinski definition) is 6. The van der Waals surface area contributed by atoms with Crippen LogP contribution in [0.3, 0.4) is 0 Å². The van der Waals surface area contributed by atoms with Gasteiger partial charge in [-0.15, -0.1) is 0 Å². The molecule has 0 bridgehead atoms. The molecule has 0 aliphatic rings. The summed E-state index contributed by atoms with van der Waals surface area (Å²) >= 11 is 0. The zero-order valence-electron chi connectivity index (χ0n) is 11.3. The number of nitrogens with one attached hydrogen (secondary N) is 1. The number of esters is 1. The first-order valence-electron chi connectivity index (χ1n) is 5.66. The standard InChI is InChI=1S/C11H21NO4S2/c1-9(13)15-6-8-18-17-7-5-12-10(14)16-11(2,3)4/h5-8H2,1-4H3,(H,12,14). The summed E-state index contributed by atoms with van der Waals surface area (Å²) in [7, 11) is 3.23. The van der Waals surface area contributed by atoms with Crippen LogP contribution in [0.4, 0.5) is 4.79 Å². The molecule has 0 fully saturated rings. The van der Waals surface area contributed by atoms with Crippen molar-refractivity contribution in [2.24, 2.45) is 0 Å². The van der Waals surface area contributed by atoms with Crippen LogP contribution in [0, 0.1) is 0 Å². The molecule has 0 radical (unpaired) electrons. The molecule has 0 saturated carbocycles. The van der Waals surface area contributed by atoms with E-state index in [4.69, 9.17) is 9.47 Å². The molecule has 0 rings (SSSR count). The molecule has 5 nitrogen and oxygen atoms in total. The Morgan fingerprint density at radius 1 is 1.17 bits per heavy atom. The van der Waals surface area contributed by atoms with E-state index < -0.39 is 11.7 Å². The number of amides is 1. The molecule has 0 aliphatic carbocycles. The third kappa shape index (κ3) is 13.5. The number of carbonyl (C=O) groups excluding carboxylic acids is 2. The monoisotopic (exact) mass is 295 g/mol. The molecular weight excluding hydrogens is 274 g/mol. The molecule has 0 aromatic rings. The number of hydrogen-bond donors (Lipinski definition) is 1. The smallest absolute Gasteiger partial charge is 0.407 e. The summed E-state index contributed by atoms with van der Waals surface area (Å²) in [5.74, 6) is 1.27. The van der Waals surface area contributed by atoms with E-state index in [0.717, 1.165) is 11.5 Å². The van der Waals surface area contributed by atoms with Crippen molar-refractivity contribution >= 4 is 33.7 Å². The zero-order valence-corrected chi connectivity index (χ0v) is 12.9. The molecule has 7 heteroatoms. The largest absolute Gasteiger partial charge is 0.465 e. The average Bonchev–Trinajstić information content (AvgIpc) is 2.18. The summed E-state index contributed by atoms with van der Waals surface area (Å²) in [6.07, 6.45) is -0.395. The maximum atomic E-state index is 11.3. The second kappa shape index (κ2) is 9.38. The topological polar surface area (TPSA) is 64.6 Å². The fraction of sp³-hybridized carbons (Fsp3) is 0.818. The molecule has 0 aromatic carbocycles. The molecule has 1 amide bonds. The molecule has 0 unspecified atom stereocenters. The van der Waals surface area contributed by atoms with E-state index >= 15 is 0 Å². The van der Waals surface area contributed by atoms with Crippen LogP contribution in [0.5, 0.6) is 0 Å².